The third kappa shape index (κ3) is 4.55. The van der Waals surface area contributed by atoms with E-state index >= 15 is 0 Å². The fourth-order valence-electron chi connectivity index (χ4n) is 1.61. The van der Waals surface area contributed by atoms with Gasteiger partial charge in [-0.15, -0.1) is 12.4 Å². The van der Waals surface area contributed by atoms with E-state index in [4.69, 9.17) is 10.5 Å². The lowest BCUT2D eigenvalue weighted by Gasteiger charge is -2.26. The van der Waals surface area contributed by atoms with Crippen molar-refractivity contribution in [3.05, 3.63) is 29.8 Å². The number of likely N-dealkylation sites (N-methyl/N-ethyl adjacent to an activating group) is 1. The normalized spacial score (nSPS) is 10.5. The Hall–Kier alpha value is -1.26. The topological polar surface area (TPSA) is 55.6 Å². The molecule has 2 N–H and O–H groups in total. The number of methoxy groups -OCH3 is 1. The highest BCUT2D eigenvalue weighted by atomic mass is 35.5. The summed E-state index contributed by atoms with van der Waals surface area (Å²) in [5.41, 5.74) is 5.95. The minimum Gasteiger partial charge on any atom is -0.497 e. The van der Waals surface area contributed by atoms with Gasteiger partial charge in [0.15, 0.2) is 0 Å². The fourth-order valence-corrected chi connectivity index (χ4v) is 1.61. The van der Waals surface area contributed by atoms with Crippen molar-refractivity contribution >= 4 is 18.3 Å². The number of ether oxygens (including phenoxy) is 1. The molecule has 0 aliphatic carbocycles. The largest absolute Gasteiger partial charge is 0.497 e. The van der Waals surface area contributed by atoms with E-state index in [1.165, 1.54) is 0 Å². The Morgan fingerprint density at radius 2 is 2.06 bits per heavy atom. The van der Waals surface area contributed by atoms with Crippen LogP contribution in [-0.2, 0) is 11.3 Å². The van der Waals surface area contributed by atoms with Crippen molar-refractivity contribution in [3.8, 4) is 5.75 Å². The summed E-state index contributed by atoms with van der Waals surface area (Å²) in [5.74, 6) is 0.704. The molecule has 1 aromatic rings. The van der Waals surface area contributed by atoms with E-state index in [-0.39, 0.29) is 18.3 Å². The molecule has 0 spiro atoms. The zero-order chi connectivity index (χ0) is 13.1. The summed E-state index contributed by atoms with van der Waals surface area (Å²) < 4.78 is 5.14. The molecule has 0 bridgehead atoms. The molecule has 0 saturated carbocycles. The minimum atomic E-state index is -0.840. The first-order chi connectivity index (χ1) is 7.84. The lowest BCUT2D eigenvalue weighted by Crippen LogP contribution is -2.49. The maximum atomic E-state index is 11.9. The standard InChI is InChI=1S/C13H20N2O2.ClH/c1-13(2,14)12(16)15(3)9-10-6-5-7-11(8-10)17-4;/h5-8H,9,14H2,1-4H3;1H. The van der Waals surface area contributed by atoms with Gasteiger partial charge in [-0.2, -0.15) is 0 Å². The second-order valence-electron chi connectivity index (χ2n) is 4.73. The molecule has 0 heterocycles. The molecule has 0 radical (unpaired) electrons. The van der Waals surface area contributed by atoms with E-state index in [0.29, 0.717) is 6.54 Å². The van der Waals surface area contributed by atoms with E-state index in [9.17, 15) is 4.79 Å². The number of hydrogen-bond donors (Lipinski definition) is 1. The van der Waals surface area contributed by atoms with Gasteiger partial charge >= 0.3 is 0 Å². The average molecular weight is 273 g/mol. The molecular formula is C13H21ClN2O2. The van der Waals surface area contributed by atoms with Gasteiger partial charge in [-0.1, -0.05) is 12.1 Å². The van der Waals surface area contributed by atoms with E-state index in [1.54, 1.807) is 32.9 Å². The van der Waals surface area contributed by atoms with Gasteiger partial charge in [0.2, 0.25) is 5.91 Å². The SMILES string of the molecule is COc1cccc(CN(C)C(=O)C(C)(C)N)c1.Cl. The molecule has 0 aliphatic heterocycles. The number of nitrogens with zero attached hydrogens (tertiary/aromatic N) is 1. The molecule has 1 rings (SSSR count). The molecule has 18 heavy (non-hydrogen) atoms. The number of amides is 1. The van der Waals surface area contributed by atoms with Gasteiger partial charge in [0.25, 0.3) is 0 Å². The summed E-state index contributed by atoms with van der Waals surface area (Å²) in [6.45, 7) is 3.94. The monoisotopic (exact) mass is 272 g/mol. The van der Waals surface area contributed by atoms with Crippen molar-refractivity contribution in [1.29, 1.82) is 0 Å². The zero-order valence-corrected chi connectivity index (χ0v) is 12.1. The first kappa shape index (κ1) is 16.7. The van der Waals surface area contributed by atoms with Crippen LogP contribution in [0.1, 0.15) is 19.4 Å². The minimum absolute atomic E-state index is 0. The number of rotatable bonds is 4. The molecule has 4 nitrogen and oxygen atoms in total. The summed E-state index contributed by atoms with van der Waals surface area (Å²) in [4.78, 5) is 13.5. The number of benzene rings is 1. The summed E-state index contributed by atoms with van der Waals surface area (Å²) in [7, 11) is 3.37. The smallest absolute Gasteiger partial charge is 0.242 e. The van der Waals surface area contributed by atoms with Gasteiger partial charge in [0.1, 0.15) is 5.75 Å². The van der Waals surface area contributed by atoms with Gasteiger partial charge in [-0.3, -0.25) is 4.79 Å². The van der Waals surface area contributed by atoms with Crippen LogP contribution in [-0.4, -0.2) is 30.5 Å². The molecule has 5 heteroatoms. The van der Waals surface area contributed by atoms with Crippen molar-refractivity contribution in [2.24, 2.45) is 5.73 Å². The summed E-state index contributed by atoms with van der Waals surface area (Å²) in [6.07, 6.45) is 0. The second kappa shape index (κ2) is 6.61. The Morgan fingerprint density at radius 1 is 1.44 bits per heavy atom. The molecule has 1 aromatic carbocycles. The second-order valence-corrected chi connectivity index (χ2v) is 4.73. The lowest BCUT2D eigenvalue weighted by atomic mass is 10.1. The van der Waals surface area contributed by atoms with Crippen LogP contribution >= 0.6 is 12.4 Å². The first-order valence-electron chi connectivity index (χ1n) is 5.52. The highest BCUT2D eigenvalue weighted by Crippen LogP contribution is 2.15. The first-order valence-corrected chi connectivity index (χ1v) is 5.52. The maximum Gasteiger partial charge on any atom is 0.242 e. The summed E-state index contributed by atoms with van der Waals surface area (Å²) in [5, 5.41) is 0. The Labute approximate surface area is 115 Å². The summed E-state index contributed by atoms with van der Waals surface area (Å²) in [6, 6.07) is 7.64. The van der Waals surface area contributed by atoms with Gasteiger partial charge in [-0.25, -0.2) is 0 Å². The molecule has 0 aliphatic rings. The summed E-state index contributed by atoms with van der Waals surface area (Å²) >= 11 is 0. The third-order valence-electron chi connectivity index (χ3n) is 2.45. The van der Waals surface area contributed by atoms with Crippen LogP contribution in [0.5, 0.6) is 5.75 Å². The van der Waals surface area contributed by atoms with Gasteiger partial charge in [0.05, 0.1) is 12.6 Å². The number of nitrogens with two attached hydrogens (primary N) is 1. The zero-order valence-electron chi connectivity index (χ0n) is 11.3. The van der Waals surface area contributed by atoms with E-state index in [1.807, 2.05) is 24.3 Å². The van der Waals surface area contributed by atoms with Crippen LogP contribution in [0.4, 0.5) is 0 Å². The van der Waals surface area contributed by atoms with E-state index < -0.39 is 5.54 Å². The van der Waals surface area contributed by atoms with Gasteiger partial charge < -0.3 is 15.4 Å². The molecule has 0 aromatic heterocycles. The molecule has 1 amide bonds. The number of carbonyl (C=O) groups is 1. The van der Waals surface area contributed by atoms with Crippen LogP contribution in [0.15, 0.2) is 24.3 Å². The van der Waals surface area contributed by atoms with Gasteiger partial charge in [-0.05, 0) is 31.5 Å². The van der Waals surface area contributed by atoms with Crippen LogP contribution in [0.2, 0.25) is 0 Å². The quantitative estimate of drug-likeness (QED) is 0.910. The molecule has 0 unspecified atom stereocenters. The van der Waals surface area contributed by atoms with Crippen molar-refractivity contribution in [3.63, 3.8) is 0 Å². The van der Waals surface area contributed by atoms with Crippen molar-refractivity contribution in [2.75, 3.05) is 14.2 Å². The van der Waals surface area contributed by atoms with Crippen molar-refractivity contribution in [2.45, 2.75) is 25.9 Å². The Morgan fingerprint density at radius 3 is 2.56 bits per heavy atom. The predicted molar refractivity (Wildman–Crippen MR) is 75.0 cm³/mol. The lowest BCUT2D eigenvalue weighted by molar-refractivity contribution is -0.135. The molecule has 0 saturated heterocycles. The Balaban J connectivity index is 0.00000289. The van der Waals surface area contributed by atoms with Gasteiger partial charge in [0, 0.05) is 13.6 Å². The highest BCUT2D eigenvalue weighted by molar-refractivity contribution is 5.85. The van der Waals surface area contributed by atoms with Crippen molar-refractivity contribution in [1.82, 2.24) is 4.90 Å². The highest BCUT2D eigenvalue weighted by Gasteiger charge is 2.25. The third-order valence-corrected chi connectivity index (χ3v) is 2.45. The Bertz CT molecular complexity index is 402. The number of hydrogen-bond acceptors (Lipinski definition) is 3. The van der Waals surface area contributed by atoms with Crippen LogP contribution in [0.3, 0.4) is 0 Å². The molecule has 0 atom stereocenters. The van der Waals surface area contributed by atoms with Crippen molar-refractivity contribution < 1.29 is 9.53 Å². The molecule has 102 valence electrons. The van der Waals surface area contributed by atoms with Crippen LogP contribution < -0.4 is 10.5 Å². The maximum absolute atomic E-state index is 11.9. The fraction of sp³-hybridized carbons (Fsp3) is 0.462. The Kier molecular flexibility index (Phi) is 6.15. The molecule has 0 fully saturated rings. The number of carbonyl (C=O) groups excluding carboxylic acids is 1. The molecular weight excluding hydrogens is 252 g/mol. The average Bonchev–Trinajstić information content (AvgIpc) is 2.27. The predicted octanol–water partition coefficient (Wildman–Crippen LogP) is 1.81. The van der Waals surface area contributed by atoms with Crippen LogP contribution in [0, 0.1) is 0 Å². The number of halogens is 1. The van der Waals surface area contributed by atoms with Crippen LogP contribution in [0.25, 0.3) is 0 Å². The van der Waals surface area contributed by atoms with E-state index in [0.717, 1.165) is 11.3 Å². The van der Waals surface area contributed by atoms with E-state index in [2.05, 4.69) is 0 Å².